The third kappa shape index (κ3) is 2.25. The third-order valence-electron chi connectivity index (χ3n) is 1.92. The van der Waals surface area contributed by atoms with Crippen LogP contribution in [0.15, 0.2) is 12.2 Å². The Bertz CT molecular complexity index is 191. The number of methoxy groups -OCH3 is 1. The van der Waals surface area contributed by atoms with Crippen LogP contribution >= 0.6 is 0 Å². The monoisotopic (exact) mass is 178 g/mol. The van der Waals surface area contributed by atoms with E-state index in [-0.39, 0.29) is 19.4 Å². The van der Waals surface area contributed by atoms with E-state index >= 15 is 0 Å². The van der Waals surface area contributed by atoms with Crippen LogP contribution in [0.1, 0.15) is 12.8 Å². The van der Waals surface area contributed by atoms with Gasteiger partial charge in [0.2, 0.25) is 0 Å². The number of hydrogen-bond acceptors (Lipinski definition) is 2. The smallest absolute Gasteiger partial charge is 0.266 e. The summed E-state index contributed by atoms with van der Waals surface area (Å²) in [5, 5.41) is 9.56. The van der Waals surface area contributed by atoms with Crippen molar-refractivity contribution in [2.45, 2.75) is 24.4 Å². The molecule has 70 valence electrons. The Morgan fingerprint density at radius 2 is 2.08 bits per heavy atom. The number of ether oxygens (including phenoxy) is 1. The molecule has 2 nitrogen and oxygen atoms in total. The minimum absolute atomic E-state index is 0.0460. The van der Waals surface area contributed by atoms with Crippen LogP contribution in [0.5, 0.6) is 0 Å². The van der Waals surface area contributed by atoms with Gasteiger partial charge in [0.1, 0.15) is 5.60 Å². The summed E-state index contributed by atoms with van der Waals surface area (Å²) in [6.45, 7) is 0.0690. The van der Waals surface area contributed by atoms with E-state index in [0.29, 0.717) is 0 Å². The summed E-state index contributed by atoms with van der Waals surface area (Å²) in [4.78, 5) is 0. The molecule has 0 heterocycles. The largest absolute Gasteiger partial charge is 0.383 e. The first-order valence-corrected chi connectivity index (χ1v) is 3.77. The zero-order valence-electron chi connectivity index (χ0n) is 6.89. The molecule has 1 aliphatic carbocycles. The molecule has 12 heavy (non-hydrogen) atoms. The molecule has 0 radical (unpaired) electrons. The second-order valence-corrected chi connectivity index (χ2v) is 3.13. The van der Waals surface area contributed by atoms with Crippen molar-refractivity contribution < 1.29 is 18.6 Å². The van der Waals surface area contributed by atoms with E-state index in [2.05, 4.69) is 0 Å². The van der Waals surface area contributed by atoms with Gasteiger partial charge in [-0.05, 0) is 18.6 Å². The number of allylic oxidation sites excluding steroid dienone is 1. The molecule has 1 aliphatic rings. The van der Waals surface area contributed by atoms with E-state index in [0.717, 1.165) is 12.2 Å². The van der Waals surface area contributed by atoms with Gasteiger partial charge in [0.15, 0.2) is 0 Å². The third-order valence-corrected chi connectivity index (χ3v) is 1.92. The summed E-state index contributed by atoms with van der Waals surface area (Å²) in [5.41, 5.74) is -1.20. The second-order valence-electron chi connectivity index (χ2n) is 3.13. The highest BCUT2D eigenvalue weighted by atomic mass is 19.3. The molecule has 1 N–H and O–H groups in total. The minimum atomic E-state index is -2.76. The Morgan fingerprint density at radius 3 is 2.50 bits per heavy atom. The molecule has 0 spiro atoms. The van der Waals surface area contributed by atoms with E-state index < -0.39 is 11.5 Å². The lowest BCUT2D eigenvalue weighted by Gasteiger charge is -2.29. The predicted octanol–water partition coefficient (Wildman–Crippen LogP) is 1.35. The van der Waals surface area contributed by atoms with Crippen molar-refractivity contribution in [3.8, 4) is 0 Å². The van der Waals surface area contributed by atoms with E-state index in [9.17, 15) is 13.9 Å². The van der Waals surface area contributed by atoms with Crippen molar-refractivity contribution in [1.82, 2.24) is 0 Å². The Hall–Kier alpha value is -0.480. The Morgan fingerprint density at radius 1 is 1.42 bits per heavy atom. The summed E-state index contributed by atoms with van der Waals surface area (Å²) in [6, 6.07) is 0. The van der Waals surface area contributed by atoms with Gasteiger partial charge in [0.05, 0.1) is 6.61 Å². The SMILES string of the molecule is COCC1(O)C=CC(F)(F)CC1. The molecule has 1 unspecified atom stereocenters. The highest BCUT2D eigenvalue weighted by Crippen LogP contribution is 2.32. The molecule has 4 heteroatoms. The summed E-state index contributed by atoms with van der Waals surface area (Å²) in [7, 11) is 1.43. The van der Waals surface area contributed by atoms with E-state index in [1.54, 1.807) is 0 Å². The molecule has 0 aliphatic heterocycles. The van der Waals surface area contributed by atoms with Crippen LogP contribution in [-0.2, 0) is 4.74 Å². The van der Waals surface area contributed by atoms with Gasteiger partial charge < -0.3 is 9.84 Å². The Labute approximate surface area is 69.8 Å². The van der Waals surface area contributed by atoms with Gasteiger partial charge in [0.25, 0.3) is 5.92 Å². The fourth-order valence-electron chi connectivity index (χ4n) is 1.20. The predicted molar refractivity (Wildman–Crippen MR) is 40.1 cm³/mol. The molecule has 0 saturated heterocycles. The lowest BCUT2D eigenvalue weighted by molar-refractivity contribution is -0.0439. The van der Waals surface area contributed by atoms with Crippen LogP contribution in [0, 0.1) is 0 Å². The highest BCUT2D eigenvalue weighted by molar-refractivity contribution is 5.11. The van der Waals surface area contributed by atoms with Crippen molar-refractivity contribution in [2.75, 3.05) is 13.7 Å². The molecule has 0 aromatic rings. The van der Waals surface area contributed by atoms with Gasteiger partial charge in [-0.15, -0.1) is 0 Å². The normalized spacial score (nSPS) is 33.7. The number of halogens is 2. The molecule has 0 saturated carbocycles. The van der Waals surface area contributed by atoms with Crippen LogP contribution < -0.4 is 0 Å². The summed E-state index contributed by atoms with van der Waals surface area (Å²) >= 11 is 0. The molecular formula is C8H12F2O2. The van der Waals surface area contributed by atoms with Gasteiger partial charge in [0, 0.05) is 13.5 Å². The highest BCUT2D eigenvalue weighted by Gasteiger charge is 2.37. The number of aliphatic hydroxyl groups is 1. The molecule has 0 bridgehead atoms. The lowest BCUT2D eigenvalue weighted by Crippen LogP contribution is -2.37. The van der Waals surface area contributed by atoms with Crippen LogP contribution in [-0.4, -0.2) is 30.3 Å². The van der Waals surface area contributed by atoms with Crippen LogP contribution in [0.3, 0.4) is 0 Å². The zero-order valence-corrected chi connectivity index (χ0v) is 6.89. The fourth-order valence-corrected chi connectivity index (χ4v) is 1.20. The van der Waals surface area contributed by atoms with Crippen LogP contribution in [0.4, 0.5) is 8.78 Å². The minimum Gasteiger partial charge on any atom is -0.383 e. The van der Waals surface area contributed by atoms with E-state index in [4.69, 9.17) is 4.74 Å². The molecule has 1 rings (SSSR count). The summed E-state index contributed by atoms with van der Waals surface area (Å²) in [5.74, 6) is -2.76. The van der Waals surface area contributed by atoms with Gasteiger partial charge in [-0.25, -0.2) is 8.78 Å². The first-order valence-electron chi connectivity index (χ1n) is 3.77. The average molecular weight is 178 g/mol. The number of rotatable bonds is 2. The molecule has 1 atom stereocenters. The Balaban J connectivity index is 2.63. The average Bonchev–Trinajstić information content (AvgIpc) is 1.98. The maximum Gasteiger partial charge on any atom is 0.266 e. The van der Waals surface area contributed by atoms with Gasteiger partial charge in [-0.2, -0.15) is 0 Å². The summed E-state index contributed by atoms with van der Waals surface area (Å²) in [6.07, 6.45) is 1.60. The maximum atomic E-state index is 12.5. The van der Waals surface area contributed by atoms with Gasteiger partial charge in [-0.1, -0.05) is 0 Å². The van der Waals surface area contributed by atoms with E-state index in [1.807, 2.05) is 0 Å². The molecule has 0 aromatic heterocycles. The van der Waals surface area contributed by atoms with Crippen LogP contribution in [0.25, 0.3) is 0 Å². The van der Waals surface area contributed by atoms with E-state index in [1.165, 1.54) is 7.11 Å². The van der Waals surface area contributed by atoms with Crippen molar-refractivity contribution >= 4 is 0 Å². The molecule has 0 amide bonds. The van der Waals surface area contributed by atoms with Crippen molar-refractivity contribution in [1.29, 1.82) is 0 Å². The molecule has 0 fully saturated rings. The fraction of sp³-hybridized carbons (Fsp3) is 0.750. The second kappa shape index (κ2) is 3.11. The van der Waals surface area contributed by atoms with Crippen molar-refractivity contribution in [2.24, 2.45) is 0 Å². The number of hydrogen-bond donors (Lipinski definition) is 1. The first-order chi connectivity index (χ1) is 5.47. The molecule has 0 aromatic carbocycles. The quantitative estimate of drug-likeness (QED) is 0.647. The summed E-state index contributed by atoms with van der Waals surface area (Å²) < 4.78 is 29.8. The van der Waals surface area contributed by atoms with Gasteiger partial charge >= 0.3 is 0 Å². The molecular weight excluding hydrogens is 166 g/mol. The lowest BCUT2D eigenvalue weighted by atomic mass is 9.90. The number of alkyl halides is 2. The topological polar surface area (TPSA) is 29.5 Å². The zero-order chi connectivity index (χ0) is 9.24. The maximum absolute atomic E-state index is 12.5. The van der Waals surface area contributed by atoms with Gasteiger partial charge in [-0.3, -0.25) is 0 Å². The Kier molecular flexibility index (Phi) is 2.49. The first kappa shape index (κ1) is 9.61. The van der Waals surface area contributed by atoms with Crippen molar-refractivity contribution in [3.63, 3.8) is 0 Å². The van der Waals surface area contributed by atoms with Crippen LogP contribution in [0.2, 0.25) is 0 Å². The standard InChI is InChI=1S/C8H12F2O2/c1-12-6-7(11)2-4-8(9,10)5-3-7/h2,4,11H,3,5-6H2,1H3. The van der Waals surface area contributed by atoms with Crippen molar-refractivity contribution in [3.05, 3.63) is 12.2 Å².